The number of benzene rings is 3. The summed E-state index contributed by atoms with van der Waals surface area (Å²) in [4.78, 5) is 18.1. The van der Waals surface area contributed by atoms with E-state index in [-0.39, 0.29) is 12.4 Å². The zero-order chi connectivity index (χ0) is 23.5. The lowest BCUT2D eigenvalue weighted by Gasteiger charge is -2.01. The first-order valence-electron chi connectivity index (χ1n) is 10.8. The van der Waals surface area contributed by atoms with Crippen molar-refractivity contribution in [3.05, 3.63) is 102 Å². The molecule has 168 valence electrons. The predicted octanol–water partition coefficient (Wildman–Crippen LogP) is 6.65. The lowest BCUT2D eigenvalue weighted by atomic mass is 10.1. The number of esters is 1. The van der Waals surface area contributed by atoms with Crippen molar-refractivity contribution in [2.45, 2.75) is 6.92 Å². The summed E-state index contributed by atoms with van der Waals surface area (Å²) in [5, 5.41) is 5.42. The van der Waals surface area contributed by atoms with Crippen LogP contribution in [0.4, 0.5) is 4.39 Å². The Balaban J connectivity index is 1.70. The molecule has 5 aromatic rings. The highest BCUT2D eigenvalue weighted by atomic mass is 32.1. The average molecular weight is 470 g/mol. The second-order valence-corrected chi connectivity index (χ2v) is 8.46. The normalized spacial score (nSPS) is 10.9. The smallest absolute Gasteiger partial charge is 0.350 e. The summed E-state index contributed by atoms with van der Waals surface area (Å²) in [7, 11) is 0. The summed E-state index contributed by atoms with van der Waals surface area (Å²) in [6.45, 7) is 2.05. The van der Waals surface area contributed by atoms with Crippen LogP contribution in [0.2, 0.25) is 0 Å². The monoisotopic (exact) mass is 469 g/mol. The van der Waals surface area contributed by atoms with Gasteiger partial charge in [0.2, 0.25) is 0 Å². The van der Waals surface area contributed by atoms with E-state index in [1.54, 1.807) is 23.7 Å². The molecular weight excluding hydrogens is 449 g/mol. The molecule has 0 bridgehead atoms. The van der Waals surface area contributed by atoms with Crippen LogP contribution < -0.4 is 0 Å². The summed E-state index contributed by atoms with van der Waals surface area (Å²) in [6, 6.07) is 25.4. The Morgan fingerprint density at radius 1 is 0.912 bits per heavy atom. The van der Waals surface area contributed by atoms with Crippen LogP contribution in [0.25, 0.3) is 38.8 Å². The number of thiazole rings is 1. The van der Waals surface area contributed by atoms with E-state index in [1.807, 2.05) is 66.9 Å². The molecule has 0 aliphatic heterocycles. The number of carbonyl (C=O) groups excluding carboxylic acids is 1. The first-order valence-corrected chi connectivity index (χ1v) is 11.6. The minimum Gasteiger partial charge on any atom is -0.462 e. The van der Waals surface area contributed by atoms with E-state index in [9.17, 15) is 9.18 Å². The Bertz CT molecular complexity index is 1430. The van der Waals surface area contributed by atoms with Gasteiger partial charge in [-0.25, -0.2) is 18.9 Å². The Kier molecular flexibility index (Phi) is 6.01. The number of carbonyl (C=O) groups is 1. The van der Waals surface area contributed by atoms with Crippen LogP contribution in [0.15, 0.2) is 91.1 Å². The van der Waals surface area contributed by atoms with E-state index in [0.29, 0.717) is 21.3 Å². The number of hydrogen-bond acceptors (Lipinski definition) is 5. The molecule has 0 radical (unpaired) electrons. The summed E-state index contributed by atoms with van der Waals surface area (Å²) >= 11 is 1.26. The van der Waals surface area contributed by atoms with Gasteiger partial charge in [0.25, 0.3) is 0 Å². The third kappa shape index (κ3) is 4.25. The Morgan fingerprint density at radius 3 is 2.24 bits per heavy atom. The molecule has 0 aliphatic carbocycles. The molecule has 3 aromatic carbocycles. The van der Waals surface area contributed by atoms with E-state index in [2.05, 4.69) is 0 Å². The molecule has 7 heteroatoms. The fourth-order valence-electron chi connectivity index (χ4n) is 3.63. The van der Waals surface area contributed by atoms with Gasteiger partial charge in [-0.05, 0) is 43.3 Å². The van der Waals surface area contributed by atoms with E-state index in [4.69, 9.17) is 14.8 Å². The van der Waals surface area contributed by atoms with Crippen molar-refractivity contribution in [1.82, 2.24) is 14.8 Å². The number of para-hydroxylation sites is 1. The van der Waals surface area contributed by atoms with E-state index < -0.39 is 5.97 Å². The first kappa shape index (κ1) is 21.7. The third-order valence-corrected chi connectivity index (χ3v) is 6.29. The molecule has 0 aliphatic rings. The highest BCUT2D eigenvalue weighted by molar-refractivity contribution is 7.17. The van der Waals surface area contributed by atoms with Crippen molar-refractivity contribution < 1.29 is 13.9 Å². The largest absolute Gasteiger partial charge is 0.462 e. The van der Waals surface area contributed by atoms with Gasteiger partial charge >= 0.3 is 5.97 Å². The summed E-state index contributed by atoms with van der Waals surface area (Å²) in [5.74, 6) is -0.734. The quantitative estimate of drug-likeness (QED) is 0.261. The van der Waals surface area contributed by atoms with Gasteiger partial charge in [-0.1, -0.05) is 48.5 Å². The van der Waals surface area contributed by atoms with Crippen LogP contribution in [0.3, 0.4) is 0 Å². The van der Waals surface area contributed by atoms with E-state index >= 15 is 0 Å². The fourth-order valence-corrected chi connectivity index (χ4v) is 4.62. The lowest BCUT2D eigenvalue weighted by Crippen LogP contribution is -2.03. The second kappa shape index (κ2) is 9.41. The lowest BCUT2D eigenvalue weighted by molar-refractivity contribution is 0.0532. The standard InChI is InChI=1S/C27H20FN3O2S/c1-2-33-27(32)25-24(18-9-5-3-6-10-18)29-26(34-25)22-17-31(21-11-7-4-8-12-21)30-23(22)19-13-15-20(28)16-14-19/h3-17H,2H2,1H3. The van der Waals surface area contributed by atoms with Gasteiger partial charge in [0.05, 0.1) is 23.6 Å². The van der Waals surface area contributed by atoms with Gasteiger partial charge in [0.15, 0.2) is 0 Å². The third-order valence-electron chi connectivity index (χ3n) is 5.22. The maximum atomic E-state index is 13.6. The van der Waals surface area contributed by atoms with Crippen molar-refractivity contribution in [3.8, 4) is 38.8 Å². The summed E-state index contributed by atoms with van der Waals surface area (Å²) < 4.78 is 20.7. The molecule has 5 nitrogen and oxygen atoms in total. The SMILES string of the molecule is CCOC(=O)c1sc(-c2cn(-c3ccccc3)nc2-c2ccc(F)cc2)nc1-c1ccccc1. The first-order chi connectivity index (χ1) is 16.6. The molecule has 0 saturated heterocycles. The minimum atomic E-state index is -0.413. The summed E-state index contributed by atoms with van der Waals surface area (Å²) in [6.07, 6.45) is 1.89. The molecular formula is C27H20FN3O2S. The van der Waals surface area contributed by atoms with Crippen LogP contribution in [0.5, 0.6) is 0 Å². The molecule has 34 heavy (non-hydrogen) atoms. The van der Waals surface area contributed by atoms with Gasteiger partial charge in [-0.3, -0.25) is 0 Å². The molecule has 0 unspecified atom stereocenters. The molecule has 0 spiro atoms. The Morgan fingerprint density at radius 2 is 1.56 bits per heavy atom. The predicted molar refractivity (Wildman–Crippen MR) is 131 cm³/mol. The van der Waals surface area contributed by atoms with Crippen LogP contribution in [-0.4, -0.2) is 27.3 Å². The topological polar surface area (TPSA) is 57.0 Å². The highest BCUT2D eigenvalue weighted by Crippen LogP contribution is 2.39. The maximum Gasteiger partial charge on any atom is 0.350 e. The number of rotatable bonds is 6. The second-order valence-electron chi connectivity index (χ2n) is 7.46. The van der Waals surface area contributed by atoms with Gasteiger partial charge in [0, 0.05) is 17.3 Å². The van der Waals surface area contributed by atoms with Crippen LogP contribution in [-0.2, 0) is 4.74 Å². The number of ether oxygens (including phenoxy) is 1. The molecule has 2 heterocycles. The molecule has 0 saturated carbocycles. The molecule has 0 atom stereocenters. The van der Waals surface area contributed by atoms with Crippen molar-refractivity contribution in [3.63, 3.8) is 0 Å². The molecule has 0 N–H and O–H groups in total. The molecule has 0 amide bonds. The van der Waals surface area contributed by atoms with Gasteiger partial charge < -0.3 is 4.74 Å². The highest BCUT2D eigenvalue weighted by Gasteiger charge is 2.24. The zero-order valence-corrected chi connectivity index (χ0v) is 19.1. The van der Waals surface area contributed by atoms with Gasteiger partial charge in [0.1, 0.15) is 21.4 Å². The number of aromatic nitrogens is 3. The van der Waals surface area contributed by atoms with Gasteiger partial charge in [-0.15, -0.1) is 11.3 Å². The van der Waals surface area contributed by atoms with Crippen LogP contribution in [0.1, 0.15) is 16.6 Å². The minimum absolute atomic E-state index is 0.271. The van der Waals surface area contributed by atoms with Crippen molar-refractivity contribution in [2.75, 3.05) is 6.61 Å². The van der Waals surface area contributed by atoms with Gasteiger partial charge in [-0.2, -0.15) is 5.10 Å². The van der Waals surface area contributed by atoms with Crippen LogP contribution >= 0.6 is 11.3 Å². The Labute approximate surface area is 200 Å². The fraction of sp³-hybridized carbons (Fsp3) is 0.0741. The Hall–Kier alpha value is -4.10. The molecule has 0 fully saturated rings. The number of hydrogen-bond donors (Lipinski definition) is 0. The zero-order valence-electron chi connectivity index (χ0n) is 18.3. The number of halogens is 1. The van der Waals surface area contributed by atoms with Crippen LogP contribution in [0, 0.1) is 5.82 Å². The van der Waals surface area contributed by atoms with E-state index in [1.165, 1.54) is 23.5 Å². The molecule has 5 rings (SSSR count). The van der Waals surface area contributed by atoms with Crippen molar-refractivity contribution >= 4 is 17.3 Å². The molecule has 2 aromatic heterocycles. The van der Waals surface area contributed by atoms with Crippen molar-refractivity contribution in [2.24, 2.45) is 0 Å². The average Bonchev–Trinajstić information content (AvgIpc) is 3.51. The maximum absolute atomic E-state index is 13.6. The van der Waals surface area contributed by atoms with E-state index in [0.717, 1.165) is 22.4 Å². The van der Waals surface area contributed by atoms with Crippen molar-refractivity contribution in [1.29, 1.82) is 0 Å². The summed E-state index contributed by atoms with van der Waals surface area (Å²) in [5.41, 5.74) is 4.41. The number of nitrogens with zero attached hydrogens (tertiary/aromatic N) is 3.